The predicted molar refractivity (Wildman–Crippen MR) is 38.1 cm³/mol. The van der Waals surface area contributed by atoms with E-state index < -0.39 is 0 Å². The van der Waals surface area contributed by atoms with Crippen LogP contribution in [0.15, 0.2) is 4.73 Å². The second-order valence-corrected chi connectivity index (χ2v) is 2.45. The van der Waals surface area contributed by atoms with Crippen LogP contribution in [0, 0.1) is 6.92 Å². The third-order valence-electron chi connectivity index (χ3n) is 1.03. The van der Waals surface area contributed by atoms with E-state index in [0.29, 0.717) is 0 Å². The monoisotopic (exact) mass is 189 g/mol. The van der Waals surface area contributed by atoms with E-state index in [2.05, 4.69) is 26.0 Å². The summed E-state index contributed by atoms with van der Waals surface area (Å²) in [5, 5.41) is 4.09. The maximum absolute atomic E-state index is 4.09. The Hall–Kier alpha value is -0.380. The lowest BCUT2D eigenvalue weighted by Crippen LogP contribution is -1.95. The number of aromatic nitrogens is 3. The van der Waals surface area contributed by atoms with Crippen molar-refractivity contribution in [3.63, 3.8) is 0 Å². The van der Waals surface area contributed by atoms with Gasteiger partial charge in [0, 0.05) is 6.54 Å². The summed E-state index contributed by atoms with van der Waals surface area (Å²) in [5.74, 6) is 0.809. The van der Waals surface area contributed by atoms with Crippen LogP contribution in [0.1, 0.15) is 12.7 Å². The van der Waals surface area contributed by atoms with Gasteiger partial charge in [-0.05, 0) is 29.8 Å². The molecular formula is C5H8BrN3. The fourth-order valence-electron chi connectivity index (χ4n) is 0.631. The van der Waals surface area contributed by atoms with E-state index in [0.717, 1.165) is 17.1 Å². The first-order valence-electron chi connectivity index (χ1n) is 2.81. The molecule has 0 aromatic carbocycles. The van der Waals surface area contributed by atoms with Gasteiger partial charge in [0.05, 0.1) is 0 Å². The summed E-state index contributed by atoms with van der Waals surface area (Å²) < 4.78 is 2.61. The van der Waals surface area contributed by atoms with Crippen LogP contribution >= 0.6 is 15.9 Å². The van der Waals surface area contributed by atoms with E-state index in [9.17, 15) is 0 Å². The second-order valence-electron chi connectivity index (χ2n) is 1.74. The van der Waals surface area contributed by atoms with Gasteiger partial charge in [0.1, 0.15) is 5.82 Å². The molecular weight excluding hydrogens is 182 g/mol. The van der Waals surface area contributed by atoms with Crippen molar-refractivity contribution in [2.75, 3.05) is 0 Å². The minimum Gasteiger partial charge on any atom is -0.240 e. The minimum absolute atomic E-state index is 0.808. The van der Waals surface area contributed by atoms with Gasteiger partial charge in [-0.1, -0.05) is 0 Å². The van der Waals surface area contributed by atoms with E-state index in [1.54, 1.807) is 4.68 Å². The molecule has 1 rings (SSSR count). The molecule has 0 N–H and O–H groups in total. The number of hydrogen-bond acceptors (Lipinski definition) is 2. The zero-order valence-corrected chi connectivity index (χ0v) is 7.01. The van der Waals surface area contributed by atoms with E-state index >= 15 is 0 Å². The Morgan fingerprint density at radius 2 is 2.33 bits per heavy atom. The van der Waals surface area contributed by atoms with Crippen molar-refractivity contribution in [1.82, 2.24) is 14.8 Å². The van der Waals surface area contributed by atoms with Gasteiger partial charge < -0.3 is 0 Å². The van der Waals surface area contributed by atoms with Crippen molar-refractivity contribution in [2.45, 2.75) is 20.4 Å². The molecule has 0 bridgehead atoms. The van der Waals surface area contributed by atoms with Crippen LogP contribution in [0.4, 0.5) is 0 Å². The Balaban J connectivity index is 3.01. The lowest BCUT2D eigenvalue weighted by Gasteiger charge is -1.91. The molecule has 0 saturated heterocycles. The third-order valence-corrected chi connectivity index (χ3v) is 1.62. The lowest BCUT2D eigenvalue weighted by atomic mass is 10.8. The number of rotatable bonds is 1. The summed E-state index contributed by atoms with van der Waals surface area (Å²) >= 11 is 3.27. The van der Waals surface area contributed by atoms with Crippen molar-refractivity contribution in [3.05, 3.63) is 10.6 Å². The van der Waals surface area contributed by atoms with Gasteiger partial charge in [0.2, 0.25) is 0 Å². The molecule has 0 spiro atoms. The quantitative estimate of drug-likeness (QED) is 0.669. The van der Waals surface area contributed by atoms with E-state index in [-0.39, 0.29) is 0 Å². The standard InChI is InChI=1S/C5H8BrN3/c1-3-9-5(6)7-4(2)8-9/h3H2,1-2H3. The third kappa shape index (κ3) is 1.30. The van der Waals surface area contributed by atoms with E-state index in [4.69, 9.17) is 0 Å². The molecule has 1 aromatic heterocycles. The number of halogens is 1. The maximum atomic E-state index is 4.09. The molecule has 4 heteroatoms. The van der Waals surface area contributed by atoms with Crippen molar-refractivity contribution in [1.29, 1.82) is 0 Å². The van der Waals surface area contributed by atoms with Crippen LogP contribution < -0.4 is 0 Å². The summed E-state index contributed by atoms with van der Waals surface area (Å²) in [7, 11) is 0. The summed E-state index contributed by atoms with van der Waals surface area (Å²) in [6, 6.07) is 0. The Morgan fingerprint density at radius 1 is 1.67 bits per heavy atom. The molecule has 50 valence electrons. The molecule has 9 heavy (non-hydrogen) atoms. The summed E-state index contributed by atoms with van der Waals surface area (Å²) in [6.07, 6.45) is 0. The topological polar surface area (TPSA) is 30.7 Å². The molecule has 0 aliphatic rings. The van der Waals surface area contributed by atoms with Crippen LogP contribution in [-0.2, 0) is 6.54 Å². The van der Waals surface area contributed by atoms with Crippen LogP contribution in [0.25, 0.3) is 0 Å². The number of aryl methyl sites for hydroxylation is 2. The largest absolute Gasteiger partial charge is 0.240 e. The molecule has 1 aromatic rings. The first-order valence-corrected chi connectivity index (χ1v) is 3.60. The molecule has 0 amide bonds. The highest BCUT2D eigenvalue weighted by Crippen LogP contribution is 2.04. The maximum Gasteiger partial charge on any atom is 0.195 e. The zero-order chi connectivity index (χ0) is 6.85. The van der Waals surface area contributed by atoms with Crippen LogP contribution in [0.5, 0.6) is 0 Å². The lowest BCUT2D eigenvalue weighted by molar-refractivity contribution is 0.637. The Bertz CT molecular complexity index is 206. The molecule has 0 saturated carbocycles. The second kappa shape index (κ2) is 2.47. The molecule has 0 fully saturated rings. The minimum atomic E-state index is 0.808. The van der Waals surface area contributed by atoms with Crippen molar-refractivity contribution in [3.8, 4) is 0 Å². The fraction of sp³-hybridized carbons (Fsp3) is 0.600. The van der Waals surface area contributed by atoms with Gasteiger partial charge in [-0.25, -0.2) is 9.67 Å². The normalized spacial score (nSPS) is 10.1. The Kier molecular flexibility index (Phi) is 1.85. The molecule has 0 aliphatic carbocycles. The highest BCUT2D eigenvalue weighted by Gasteiger charge is 1.98. The summed E-state index contributed by atoms with van der Waals surface area (Å²) in [4.78, 5) is 4.05. The van der Waals surface area contributed by atoms with Gasteiger partial charge in [-0.2, -0.15) is 5.10 Å². The van der Waals surface area contributed by atoms with Gasteiger partial charge in [-0.3, -0.25) is 0 Å². The van der Waals surface area contributed by atoms with Crippen molar-refractivity contribution in [2.24, 2.45) is 0 Å². The van der Waals surface area contributed by atoms with Crippen LogP contribution in [0.3, 0.4) is 0 Å². The Morgan fingerprint density at radius 3 is 2.56 bits per heavy atom. The van der Waals surface area contributed by atoms with Gasteiger partial charge in [0.15, 0.2) is 4.73 Å². The van der Waals surface area contributed by atoms with Crippen LogP contribution in [0.2, 0.25) is 0 Å². The first-order chi connectivity index (χ1) is 4.24. The van der Waals surface area contributed by atoms with Gasteiger partial charge in [0.25, 0.3) is 0 Å². The van der Waals surface area contributed by atoms with E-state index in [1.165, 1.54) is 0 Å². The first kappa shape index (κ1) is 6.74. The van der Waals surface area contributed by atoms with Crippen LogP contribution in [-0.4, -0.2) is 14.8 Å². The molecule has 0 aliphatic heterocycles. The molecule has 0 atom stereocenters. The molecule has 3 nitrogen and oxygen atoms in total. The predicted octanol–water partition coefficient (Wildman–Crippen LogP) is 1.37. The van der Waals surface area contributed by atoms with Crippen molar-refractivity contribution < 1.29 is 0 Å². The van der Waals surface area contributed by atoms with Crippen molar-refractivity contribution >= 4 is 15.9 Å². The molecule has 0 unspecified atom stereocenters. The molecule has 0 radical (unpaired) electrons. The molecule has 1 heterocycles. The summed E-state index contributed by atoms with van der Waals surface area (Å²) in [5.41, 5.74) is 0. The number of nitrogens with zero attached hydrogens (tertiary/aromatic N) is 3. The summed E-state index contributed by atoms with van der Waals surface area (Å²) in [6.45, 7) is 4.76. The van der Waals surface area contributed by atoms with E-state index in [1.807, 2.05) is 13.8 Å². The van der Waals surface area contributed by atoms with Gasteiger partial charge in [-0.15, -0.1) is 0 Å². The zero-order valence-electron chi connectivity index (χ0n) is 5.43. The SMILES string of the molecule is CCn1nc(C)nc1Br. The average molecular weight is 190 g/mol. The Labute approximate surface area is 62.2 Å². The highest BCUT2D eigenvalue weighted by molar-refractivity contribution is 9.10. The average Bonchev–Trinajstić information content (AvgIpc) is 2.10. The number of hydrogen-bond donors (Lipinski definition) is 0. The highest BCUT2D eigenvalue weighted by atomic mass is 79.9. The van der Waals surface area contributed by atoms with Gasteiger partial charge >= 0.3 is 0 Å². The smallest absolute Gasteiger partial charge is 0.195 e. The fourth-order valence-corrected chi connectivity index (χ4v) is 1.22.